The number of nitrogens with zero attached hydrogens (tertiary/aromatic N) is 1. The van der Waals surface area contributed by atoms with Gasteiger partial charge < -0.3 is 19.2 Å². The molecule has 1 aromatic heterocycles. The fourth-order valence-corrected chi connectivity index (χ4v) is 3.42. The third-order valence-corrected chi connectivity index (χ3v) is 4.97. The van der Waals surface area contributed by atoms with Crippen molar-refractivity contribution in [1.29, 1.82) is 0 Å². The van der Waals surface area contributed by atoms with Gasteiger partial charge in [-0.3, -0.25) is 9.59 Å². The van der Waals surface area contributed by atoms with Gasteiger partial charge >= 0.3 is 5.97 Å². The molecule has 0 saturated carbocycles. The number of aliphatic carboxylic acids is 1. The van der Waals surface area contributed by atoms with Crippen molar-refractivity contribution in [3.05, 3.63) is 48.0 Å². The van der Waals surface area contributed by atoms with E-state index in [0.29, 0.717) is 36.5 Å². The highest BCUT2D eigenvalue weighted by Gasteiger charge is 2.46. The molecule has 7 heteroatoms. The molecule has 1 amide bonds. The number of amides is 1. The average molecular weight is 375 g/mol. The molecule has 1 saturated heterocycles. The Morgan fingerprint density at radius 2 is 2.07 bits per heavy atom. The number of likely N-dealkylation sites (tertiary alicyclic amines) is 1. The first-order valence-electron chi connectivity index (χ1n) is 8.79. The zero-order chi connectivity index (χ0) is 19.4. The molecule has 0 aliphatic carbocycles. The predicted molar refractivity (Wildman–Crippen MR) is 95.6 cm³/mol. The molecule has 2 heterocycles. The van der Waals surface area contributed by atoms with Crippen LogP contribution in [-0.2, 0) is 20.7 Å². The van der Waals surface area contributed by atoms with Crippen molar-refractivity contribution in [2.45, 2.75) is 19.3 Å². The largest absolute Gasteiger partial charge is 0.481 e. The van der Waals surface area contributed by atoms with Crippen LogP contribution in [0, 0.1) is 11.2 Å². The first kappa shape index (κ1) is 19.1. The lowest BCUT2D eigenvalue weighted by Gasteiger charge is -2.23. The van der Waals surface area contributed by atoms with Crippen LogP contribution in [0.4, 0.5) is 4.39 Å². The van der Waals surface area contributed by atoms with E-state index in [2.05, 4.69) is 0 Å². The summed E-state index contributed by atoms with van der Waals surface area (Å²) >= 11 is 0. The molecule has 1 aromatic carbocycles. The summed E-state index contributed by atoms with van der Waals surface area (Å²) in [5.41, 5.74) is -0.659. The molecule has 27 heavy (non-hydrogen) atoms. The zero-order valence-electron chi connectivity index (χ0n) is 15.1. The van der Waals surface area contributed by atoms with Crippen LogP contribution in [-0.4, -0.2) is 48.7 Å². The fourth-order valence-electron chi connectivity index (χ4n) is 3.42. The average Bonchev–Trinajstić information content (AvgIpc) is 3.28. The lowest BCUT2D eigenvalue weighted by atomic mass is 9.88. The van der Waals surface area contributed by atoms with Crippen LogP contribution in [0.25, 0.3) is 11.3 Å². The normalized spacial score (nSPS) is 19.4. The molecular formula is C20H22FNO5. The summed E-state index contributed by atoms with van der Waals surface area (Å²) in [6.45, 7) is 0.622. The van der Waals surface area contributed by atoms with Crippen LogP contribution in [0.5, 0.6) is 0 Å². The molecule has 6 nitrogen and oxygen atoms in total. The van der Waals surface area contributed by atoms with Crippen LogP contribution < -0.4 is 0 Å². The maximum absolute atomic E-state index is 13.8. The van der Waals surface area contributed by atoms with Crippen molar-refractivity contribution in [2.75, 3.05) is 26.8 Å². The van der Waals surface area contributed by atoms with Gasteiger partial charge in [0, 0.05) is 33.0 Å². The summed E-state index contributed by atoms with van der Waals surface area (Å²) < 4.78 is 24.5. The summed E-state index contributed by atoms with van der Waals surface area (Å²) in [4.78, 5) is 25.6. The van der Waals surface area contributed by atoms with Gasteiger partial charge in [0.25, 0.3) is 0 Å². The lowest BCUT2D eigenvalue weighted by Crippen LogP contribution is -2.40. The van der Waals surface area contributed by atoms with E-state index in [9.17, 15) is 19.1 Å². The molecule has 1 unspecified atom stereocenters. The van der Waals surface area contributed by atoms with Gasteiger partial charge in [-0.1, -0.05) is 12.1 Å². The second-order valence-corrected chi connectivity index (χ2v) is 6.83. The lowest BCUT2D eigenvalue weighted by molar-refractivity contribution is -0.151. The van der Waals surface area contributed by atoms with Gasteiger partial charge in [-0.05, 0) is 30.7 Å². The second kappa shape index (κ2) is 7.92. The van der Waals surface area contributed by atoms with Gasteiger partial charge in [0.15, 0.2) is 0 Å². The quantitative estimate of drug-likeness (QED) is 0.805. The highest BCUT2D eigenvalue weighted by molar-refractivity contribution is 5.81. The number of ether oxygens (including phenoxy) is 1. The molecule has 3 rings (SSSR count). The molecule has 1 atom stereocenters. The van der Waals surface area contributed by atoms with Gasteiger partial charge in [-0.25, -0.2) is 4.39 Å². The maximum atomic E-state index is 13.8. The minimum absolute atomic E-state index is 0.0797. The summed E-state index contributed by atoms with van der Waals surface area (Å²) in [6, 6.07) is 9.75. The topological polar surface area (TPSA) is 80.0 Å². The number of carbonyl (C=O) groups excluding carboxylic acids is 1. The molecule has 1 aliphatic rings. The number of rotatable bonds is 7. The Balaban J connectivity index is 1.59. The Labute approximate surface area is 156 Å². The third-order valence-electron chi connectivity index (χ3n) is 4.97. The highest BCUT2D eigenvalue weighted by atomic mass is 19.1. The van der Waals surface area contributed by atoms with E-state index in [1.54, 1.807) is 35.2 Å². The number of carboxylic acid groups (broad SMARTS) is 1. The molecule has 0 radical (unpaired) electrons. The number of benzene rings is 1. The van der Waals surface area contributed by atoms with Crippen LogP contribution in [0.3, 0.4) is 0 Å². The molecule has 144 valence electrons. The Morgan fingerprint density at radius 1 is 1.30 bits per heavy atom. The maximum Gasteiger partial charge on any atom is 0.313 e. The van der Waals surface area contributed by atoms with Crippen molar-refractivity contribution in [3.63, 3.8) is 0 Å². The number of carbonyl (C=O) groups is 2. The predicted octanol–water partition coefficient (Wildman–Crippen LogP) is 2.97. The summed E-state index contributed by atoms with van der Waals surface area (Å²) in [6.07, 6.45) is 0.946. The smallest absolute Gasteiger partial charge is 0.313 e. The van der Waals surface area contributed by atoms with Gasteiger partial charge in [0.2, 0.25) is 5.91 Å². The number of halogens is 1. The Bertz CT molecular complexity index is 833. The fraction of sp³-hybridized carbons (Fsp3) is 0.400. The third kappa shape index (κ3) is 4.03. The first-order valence-corrected chi connectivity index (χ1v) is 8.79. The standard InChI is InChI=1S/C20H22FNO5/c1-26-13-20(19(24)25)10-11-22(12-20)18(23)9-7-14-6-8-17(27-14)15-4-2-3-5-16(15)21/h2-6,8H,7,9-13H2,1H3,(H,24,25). The Morgan fingerprint density at radius 3 is 2.78 bits per heavy atom. The molecule has 0 bridgehead atoms. The summed E-state index contributed by atoms with van der Waals surface area (Å²) in [7, 11) is 1.46. The van der Waals surface area contributed by atoms with Gasteiger partial charge in [0.05, 0.1) is 12.2 Å². The zero-order valence-corrected chi connectivity index (χ0v) is 15.1. The van der Waals surface area contributed by atoms with Crippen LogP contribution in [0.2, 0.25) is 0 Å². The van der Waals surface area contributed by atoms with Gasteiger partial charge in [0.1, 0.15) is 22.8 Å². The van der Waals surface area contributed by atoms with Gasteiger partial charge in [-0.2, -0.15) is 0 Å². The number of aryl methyl sites for hydroxylation is 1. The number of methoxy groups -OCH3 is 1. The number of carboxylic acids is 1. The molecule has 1 fully saturated rings. The highest BCUT2D eigenvalue weighted by Crippen LogP contribution is 2.32. The molecule has 1 aliphatic heterocycles. The van der Waals surface area contributed by atoms with Crippen molar-refractivity contribution >= 4 is 11.9 Å². The first-order chi connectivity index (χ1) is 12.9. The van der Waals surface area contributed by atoms with Crippen molar-refractivity contribution in [3.8, 4) is 11.3 Å². The van der Waals surface area contributed by atoms with Crippen LogP contribution >= 0.6 is 0 Å². The van der Waals surface area contributed by atoms with E-state index in [-0.39, 0.29) is 31.3 Å². The Kier molecular flexibility index (Phi) is 5.60. The Hall–Kier alpha value is -2.67. The number of hydrogen-bond donors (Lipinski definition) is 1. The molecule has 2 aromatic rings. The number of hydrogen-bond acceptors (Lipinski definition) is 4. The van der Waals surface area contributed by atoms with E-state index >= 15 is 0 Å². The van der Waals surface area contributed by atoms with E-state index in [4.69, 9.17) is 9.15 Å². The minimum atomic E-state index is -1.03. The monoisotopic (exact) mass is 375 g/mol. The van der Waals surface area contributed by atoms with Crippen LogP contribution in [0.15, 0.2) is 40.8 Å². The van der Waals surface area contributed by atoms with Crippen molar-refractivity contribution < 1.29 is 28.2 Å². The summed E-state index contributed by atoms with van der Waals surface area (Å²) in [5, 5.41) is 9.47. The van der Waals surface area contributed by atoms with E-state index in [0.717, 1.165) is 0 Å². The van der Waals surface area contributed by atoms with Crippen LogP contribution in [0.1, 0.15) is 18.6 Å². The van der Waals surface area contributed by atoms with E-state index in [1.807, 2.05) is 0 Å². The van der Waals surface area contributed by atoms with Gasteiger partial charge in [-0.15, -0.1) is 0 Å². The van der Waals surface area contributed by atoms with E-state index in [1.165, 1.54) is 13.2 Å². The van der Waals surface area contributed by atoms with E-state index < -0.39 is 11.4 Å². The van der Waals surface area contributed by atoms with Crippen molar-refractivity contribution in [1.82, 2.24) is 4.90 Å². The molecule has 1 N–H and O–H groups in total. The number of furan rings is 1. The second-order valence-electron chi connectivity index (χ2n) is 6.83. The summed E-state index contributed by atoms with van der Waals surface area (Å²) in [5.74, 6) is -0.433. The van der Waals surface area contributed by atoms with Crippen molar-refractivity contribution in [2.24, 2.45) is 5.41 Å². The minimum Gasteiger partial charge on any atom is -0.481 e. The molecule has 0 spiro atoms. The SMILES string of the molecule is COCC1(C(=O)O)CCN(C(=O)CCc2ccc(-c3ccccc3F)o2)C1. The molecular weight excluding hydrogens is 353 g/mol.